The Hall–Kier alpha value is -2.82. The van der Waals surface area contributed by atoms with Gasteiger partial charge in [0.15, 0.2) is 11.5 Å². The van der Waals surface area contributed by atoms with Gasteiger partial charge in [0.25, 0.3) is 0 Å². The van der Waals surface area contributed by atoms with E-state index in [1.54, 1.807) is 14.2 Å². The molecule has 3 aromatic carbocycles. The third kappa shape index (κ3) is 6.40. The minimum Gasteiger partial charge on any atom is -0.493 e. The van der Waals surface area contributed by atoms with Crippen molar-refractivity contribution in [3.8, 4) is 11.5 Å². The van der Waals surface area contributed by atoms with Crippen LogP contribution in [0.3, 0.4) is 0 Å². The second kappa shape index (κ2) is 14.4. The van der Waals surface area contributed by atoms with Gasteiger partial charge in [-0.3, -0.25) is 0 Å². The highest BCUT2D eigenvalue weighted by Crippen LogP contribution is 2.47. The first-order valence-corrected chi connectivity index (χ1v) is 12.3. The zero-order valence-corrected chi connectivity index (χ0v) is 21.7. The largest absolute Gasteiger partial charge is 0.493 e. The van der Waals surface area contributed by atoms with Crippen molar-refractivity contribution in [2.45, 2.75) is 39.7 Å². The number of para-hydroxylation sites is 1. The zero-order chi connectivity index (χ0) is 24.8. The van der Waals surface area contributed by atoms with E-state index in [-0.39, 0.29) is 0 Å². The summed E-state index contributed by atoms with van der Waals surface area (Å²) in [5.74, 6) is 1.37. The van der Waals surface area contributed by atoms with E-state index in [1.807, 2.05) is 48.5 Å². The van der Waals surface area contributed by atoms with Crippen LogP contribution in [-0.4, -0.2) is 45.4 Å². The molecule has 0 aromatic heterocycles. The number of hydrogen-bond acceptors (Lipinski definition) is 4. The molecule has 0 amide bonds. The number of rotatable bonds is 11. The molecule has 3 aromatic rings. The van der Waals surface area contributed by atoms with Crippen LogP contribution in [-0.2, 0) is 10.3 Å². The van der Waals surface area contributed by atoms with Gasteiger partial charge < -0.3 is 19.1 Å². The molecule has 4 nitrogen and oxygen atoms in total. The molecule has 3 rings (SSSR count). The third-order valence-electron chi connectivity index (χ3n) is 6.01. The average Bonchev–Trinajstić information content (AvgIpc) is 2.91. The van der Waals surface area contributed by atoms with Gasteiger partial charge in [0, 0.05) is 12.2 Å². The highest BCUT2D eigenvalue weighted by molar-refractivity contribution is 5.57. The molecule has 34 heavy (non-hydrogen) atoms. The van der Waals surface area contributed by atoms with E-state index >= 15 is 0 Å². The molecule has 0 aliphatic carbocycles. The fraction of sp³-hybridized carbons (Fsp3) is 0.400. The molecule has 4 heteroatoms. The second-order valence-corrected chi connectivity index (χ2v) is 7.92. The molecule has 184 valence electrons. The van der Waals surface area contributed by atoms with Crippen molar-refractivity contribution < 1.29 is 14.2 Å². The minimum atomic E-state index is -0.793. The van der Waals surface area contributed by atoms with Crippen molar-refractivity contribution in [2.24, 2.45) is 0 Å². The molecule has 0 N–H and O–H groups in total. The predicted molar refractivity (Wildman–Crippen MR) is 142 cm³/mol. The van der Waals surface area contributed by atoms with E-state index in [0.29, 0.717) is 18.1 Å². The van der Waals surface area contributed by atoms with Gasteiger partial charge in [0.2, 0.25) is 0 Å². The summed E-state index contributed by atoms with van der Waals surface area (Å²) in [7, 11) is 3.32. The van der Waals surface area contributed by atoms with Crippen LogP contribution in [0.4, 0.5) is 0 Å². The molecule has 0 atom stereocenters. The van der Waals surface area contributed by atoms with E-state index in [1.165, 1.54) is 19.6 Å². The standard InChI is InChI=1S/C24H26O3.C6H15N/c1-4-18-27-24(19-12-7-5-8-13-19,20-14-9-6-10-15-20)21-16-11-17-22(25-2)23(21)26-3;1-4-7(5-2)6-3/h5-17H,4,18H2,1-3H3;4-6H2,1-3H3. The van der Waals surface area contributed by atoms with Crippen molar-refractivity contribution in [2.75, 3.05) is 40.5 Å². The van der Waals surface area contributed by atoms with Crippen LogP contribution in [0.15, 0.2) is 78.9 Å². The van der Waals surface area contributed by atoms with Crippen molar-refractivity contribution in [3.05, 3.63) is 95.6 Å². The average molecular weight is 464 g/mol. The van der Waals surface area contributed by atoms with Crippen molar-refractivity contribution in [1.29, 1.82) is 0 Å². The van der Waals surface area contributed by atoms with Gasteiger partial charge in [-0.25, -0.2) is 0 Å². The van der Waals surface area contributed by atoms with Crippen LogP contribution in [0.5, 0.6) is 11.5 Å². The summed E-state index contributed by atoms with van der Waals surface area (Å²) in [6.07, 6.45) is 0.910. The van der Waals surface area contributed by atoms with Gasteiger partial charge in [-0.05, 0) is 43.2 Å². The van der Waals surface area contributed by atoms with Crippen LogP contribution in [0.25, 0.3) is 0 Å². The Labute approximate surface area is 206 Å². The number of hydrogen-bond donors (Lipinski definition) is 0. The molecule has 0 saturated carbocycles. The fourth-order valence-electron chi connectivity index (χ4n) is 4.16. The summed E-state index contributed by atoms with van der Waals surface area (Å²) in [4.78, 5) is 2.38. The predicted octanol–water partition coefficient (Wildman–Crippen LogP) is 6.77. The Kier molecular flexibility index (Phi) is 11.7. The monoisotopic (exact) mass is 463 g/mol. The minimum absolute atomic E-state index is 0.615. The Balaban J connectivity index is 0.000000509. The first kappa shape index (κ1) is 27.4. The summed E-state index contributed by atoms with van der Waals surface area (Å²) in [6.45, 7) is 12.9. The lowest BCUT2D eigenvalue weighted by Gasteiger charge is -2.37. The van der Waals surface area contributed by atoms with Crippen LogP contribution in [0.2, 0.25) is 0 Å². The molecule has 0 spiro atoms. The maximum absolute atomic E-state index is 6.64. The van der Waals surface area contributed by atoms with E-state index in [0.717, 1.165) is 23.1 Å². The molecule has 0 bridgehead atoms. The molecule has 0 unspecified atom stereocenters. The molecule has 0 heterocycles. The lowest BCUT2D eigenvalue weighted by Crippen LogP contribution is -2.33. The van der Waals surface area contributed by atoms with Crippen molar-refractivity contribution in [1.82, 2.24) is 4.90 Å². The second-order valence-electron chi connectivity index (χ2n) is 7.92. The molecule has 0 saturated heterocycles. The van der Waals surface area contributed by atoms with Gasteiger partial charge in [-0.15, -0.1) is 0 Å². The maximum atomic E-state index is 6.64. The Morgan fingerprint density at radius 2 is 1.18 bits per heavy atom. The SMILES string of the molecule is CCCOC(c1ccccc1)(c1ccccc1)c1cccc(OC)c1OC.CCN(CC)CC. The quantitative estimate of drug-likeness (QED) is 0.294. The summed E-state index contributed by atoms with van der Waals surface area (Å²) in [6, 6.07) is 26.5. The summed E-state index contributed by atoms with van der Waals surface area (Å²) in [5.41, 5.74) is 2.24. The zero-order valence-electron chi connectivity index (χ0n) is 21.7. The van der Waals surface area contributed by atoms with Gasteiger partial charge in [0.05, 0.1) is 14.2 Å². The Morgan fingerprint density at radius 1 is 0.647 bits per heavy atom. The molecule has 0 aliphatic heterocycles. The van der Waals surface area contributed by atoms with E-state index in [2.05, 4.69) is 62.9 Å². The number of ether oxygens (including phenoxy) is 3. The van der Waals surface area contributed by atoms with Gasteiger partial charge in [0.1, 0.15) is 5.60 Å². The van der Waals surface area contributed by atoms with Crippen LogP contribution < -0.4 is 9.47 Å². The highest BCUT2D eigenvalue weighted by Gasteiger charge is 2.40. The summed E-state index contributed by atoms with van der Waals surface area (Å²) >= 11 is 0. The number of benzene rings is 3. The fourth-order valence-corrected chi connectivity index (χ4v) is 4.16. The van der Waals surface area contributed by atoms with Crippen LogP contribution in [0, 0.1) is 0 Å². The van der Waals surface area contributed by atoms with Crippen LogP contribution >= 0.6 is 0 Å². The topological polar surface area (TPSA) is 30.9 Å². The molecular weight excluding hydrogens is 422 g/mol. The molecule has 0 fully saturated rings. The maximum Gasteiger partial charge on any atom is 0.167 e. The molecule has 0 radical (unpaired) electrons. The van der Waals surface area contributed by atoms with Crippen LogP contribution in [0.1, 0.15) is 50.8 Å². The van der Waals surface area contributed by atoms with Gasteiger partial charge >= 0.3 is 0 Å². The number of methoxy groups -OCH3 is 2. The first-order valence-electron chi connectivity index (χ1n) is 12.3. The lowest BCUT2D eigenvalue weighted by atomic mass is 9.79. The van der Waals surface area contributed by atoms with Crippen molar-refractivity contribution in [3.63, 3.8) is 0 Å². The Bertz CT molecular complexity index is 895. The third-order valence-corrected chi connectivity index (χ3v) is 6.01. The van der Waals surface area contributed by atoms with E-state index < -0.39 is 5.60 Å². The molecule has 0 aliphatic rings. The van der Waals surface area contributed by atoms with Gasteiger partial charge in [-0.2, -0.15) is 0 Å². The normalized spacial score (nSPS) is 11.0. The lowest BCUT2D eigenvalue weighted by molar-refractivity contribution is 0.0115. The highest BCUT2D eigenvalue weighted by atomic mass is 16.5. The smallest absolute Gasteiger partial charge is 0.167 e. The first-order chi connectivity index (χ1) is 16.6. The van der Waals surface area contributed by atoms with Gasteiger partial charge in [-0.1, -0.05) is 100 Å². The Morgan fingerprint density at radius 3 is 1.56 bits per heavy atom. The number of nitrogens with zero attached hydrogens (tertiary/aromatic N) is 1. The summed E-state index contributed by atoms with van der Waals surface area (Å²) in [5, 5.41) is 0. The van der Waals surface area contributed by atoms with Crippen molar-refractivity contribution >= 4 is 0 Å². The molecular formula is C30H41NO3. The van der Waals surface area contributed by atoms with E-state index in [9.17, 15) is 0 Å². The summed E-state index contributed by atoms with van der Waals surface area (Å²) < 4.78 is 18.0. The van der Waals surface area contributed by atoms with E-state index in [4.69, 9.17) is 14.2 Å².